The standard InChI is InChI=1S/C22H31N3O3/c1-15(2)25-14-18(12-23-25)21-20(9-10-27-21)22(26)24(5)13-17-7-6-8-19(11-17)28-16(3)4/h6-8,11-12,14-16,20-21H,9-10,13H2,1-5H3/t20-,21+/m1/s1. The van der Waals surface area contributed by atoms with Gasteiger partial charge in [-0.2, -0.15) is 5.10 Å². The third-order valence-corrected chi connectivity index (χ3v) is 4.95. The molecule has 28 heavy (non-hydrogen) atoms. The number of hydrogen-bond acceptors (Lipinski definition) is 4. The number of amides is 1. The summed E-state index contributed by atoms with van der Waals surface area (Å²) in [5, 5.41) is 4.40. The number of hydrogen-bond donors (Lipinski definition) is 0. The second-order valence-corrected chi connectivity index (χ2v) is 8.04. The minimum Gasteiger partial charge on any atom is -0.491 e. The molecule has 6 nitrogen and oxygen atoms in total. The maximum atomic E-state index is 13.1. The van der Waals surface area contributed by atoms with E-state index in [2.05, 4.69) is 18.9 Å². The first-order valence-corrected chi connectivity index (χ1v) is 10.0. The molecular weight excluding hydrogens is 354 g/mol. The topological polar surface area (TPSA) is 56.6 Å². The van der Waals surface area contributed by atoms with Crippen molar-refractivity contribution in [3.63, 3.8) is 0 Å². The van der Waals surface area contributed by atoms with E-state index in [4.69, 9.17) is 9.47 Å². The molecule has 0 spiro atoms. The van der Waals surface area contributed by atoms with Crippen LogP contribution >= 0.6 is 0 Å². The number of carbonyl (C=O) groups excluding carboxylic acids is 1. The Balaban J connectivity index is 1.68. The normalized spacial score (nSPS) is 19.4. The third kappa shape index (κ3) is 4.73. The average molecular weight is 386 g/mol. The number of carbonyl (C=O) groups is 1. The highest BCUT2D eigenvalue weighted by molar-refractivity contribution is 5.79. The average Bonchev–Trinajstić information content (AvgIpc) is 3.30. The number of ether oxygens (including phenoxy) is 2. The molecule has 2 heterocycles. The van der Waals surface area contributed by atoms with Crippen LogP contribution < -0.4 is 4.74 Å². The summed E-state index contributed by atoms with van der Waals surface area (Å²) in [6, 6.07) is 8.21. The van der Waals surface area contributed by atoms with Gasteiger partial charge in [0.15, 0.2) is 0 Å². The molecule has 1 aliphatic heterocycles. The third-order valence-electron chi connectivity index (χ3n) is 4.95. The zero-order valence-corrected chi connectivity index (χ0v) is 17.5. The number of aromatic nitrogens is 2. The lowest BCUT2D eigenvalue weighted by molar-refractivity contribution is -0.136. The van der Waals surface area contributed by atoms with E-state index in [0.717, 1.165) is 23.3 Å². The van der Waals surface area contributed by atoms with Crippen molar-refractivity contribution in [2.24, 2.45) is 5.92 Å². The summed E-state index contributed by atoms with van der Waals surface area (Å²) in [5.41, 5.74) is 2.03. The molecule has 0 aliphatic carbocycles. The van der Waals surface area contributed by atoms with Gasteiger partial charge in [-0.3, -0.25) is 9.48 Å². The van der Waals surface area contributed by atoms with E-state index in [1.165, 1.54) is 0 Å². The summed E-state index contributed by atoms with van der Waals surface area (Å²) in [5.74, 6) is 0.761. The Bertz CT molecular complexity index is 800. The van der Waals surface area contributed by atoms with E-state index in [9.17, 15) is 4.79 Å². The van der Waals surface area contributed by atoms with Crippen LogP contribution in [0.4, 0.5) is 0 Å². The van der Waals surface area contributed by atoms with Crippen molar-refractivity contribution in [3.8, 4) is 5.75 Å². The van der Waals surface area contributed by atoms with Crippen molar-refractivity contribution >= 4 is 5.91 Å². The highest BCUT2D eigenvalue weighted by atomic mass is 16.5. The first-order valence-electron chi connectivity index (χ1n) is 10.0. The summed E-state index contributed by atoms with van der Waals surface area (Å²) < 4.78 is 13.6. The molecule has 1 amide bonds. The lowest BCUT2D eigenvalue weighted by Gasteiger charge is -2.24. The van der Waals surface area contributed by atoms with Crippen LogP contribution in [-0.2, 0) is 16.1 Å². The van der Waals surface area contributed by atoms with Gasteiger partial charge in [0.05, 0.1) is 24.3 Å². The minimum absolute atomic E-state index is 0.106. The second kappa shape index (κ2) is 8.78. The Labute approximate surface area is 167 Å². The maximum absolute atomic E-state index is 13.1. The van der Waals surface area contributed by atoms with Crippen molar-refractivity contribution in [3.05, 3.63) is 47.8 Å². The van der Waals surface area contributed by atoms with E-state index in [0.29, 0.717) is 13.2 Å². The van der Waals surface area contributed by atoms with Gasteiger partial charge in [0.2, 0.25) is 5.91 Å². The largest absolute Gasteiger partial charge is 0.491 e. The highest BCUT2D eigenvalue weighted by Gasteiger charge is 2.37. The SMILES string of the molecule is CC(C)Oc1cccc(CN(C)C(=O)[C@@H]2CCO[C@H]2c2cnn(C(C)C)c2)c1. The van der Waals surface area contributed by atoms with Crippen LogP contribution in [0.1, 0.15) is 57.4 Å². The van der Waals surface area contributed by atoms with Gasteiger partial charge >= 0.3 is 0 Å². The molecule has 1 saturated heterocycles. The summed E-state index contributed by atoms with van der Waals surface area (Å²) in [4.78, 5) is 14.9. The van der Waals surface area contributed by atoms with Crippen molar-refractivity contribution in [2.45, 2.75) is 58.9 Å². The number of nitrogens with zero attached hydrogens (tertiary/aromatic N) is 3. The molecule has 6 heteroatoms. The molecule has 0 unspecified atom stereocenters. The van der Waals surface area contributed by atoms with Gasteiger partial charge in [0.25, 0.3) is 0 Å². The van der Waals surface area contributed by atoms with Gasteiger partial charge in [-0.15, -0.1) is 0 Å². The first kappa shape index (κ1) is 20.4. The lowest BCUT2D eigenvalue weighted by atomic mass is 9.95. The van der Waals surface area contributed by atoms with Gasteiger partial charge in [-0.1, -0.05) is 12.1 Å². The van der Waals surface area contributed by atoms with E-state index in [-0.39, 0.29) is 30.1 Å². The molecule has 0 bridgehead atoms. The van der Waals surface area contributed by atoms with Gasteiger partial charge in [-0.05, 0) is 51.8 Å². The Morgan fingerprint density at radius 2 is 2.14 bits per heavy atom. The number of rotatable bonds is 7. The van der Waals surface area contributed by atoms with Crippen LogP contribution in [0.25, 0.3) is 0 Å². The molecular formula is C22H31N3O3. The van der Waals surface area contributed by atoms with Crippen LogP contribution in [0.2, 0.25) is 0 Å². The van der Waals surface area contributed by atoms with Gasteiger partial charge in [-0.25, -0.2) is 0 Å². The Hall–Kier alpha value is -2.34. The molecule has 1 aliphatic rings. The number of benzene rings is 1. The van der Waals surface area contributed by atoms with E-state index in [1.54, 1.807) is 4.90 Å². The molecule has 0 radical (unpaired) electrons. The quantitative estimate of drug-likeness (QED) is 0.723. The maximum Gasteiger partial charge on any atom is 0.228 e. The molecule has 3 rings (SSSR count). The molecule has 2 aromatic rings. The fourth-order valence-corrected chi connectivity index (χ4v) is 3.58. The fourth-order valence-electron chi connectivity index (χ4n) is 3.58. The van der Waals surface area contributed by atoms with Crippen molar-refractivity contribution in [1.29, 1.82) is 0 Å². The predicted molar refractivity (Wildman–Crippen MR) is 108 cm³/mol. The van der Waals surface area contributed by atoms with Crippen LogP contribution in [-0.4, -0.2) is 40.3 Å². The van der Waals surface area contributed by atoms with E-state index in [1.807, 2.05) is 62.2 Å². The fraction of sp³-hybridized carbons (Fsp3) is 0.545. The Morgan fingerprint density at radius 3 is 2.82 bits per heavy atom. The molecule has 0 saturated carbocycles. The summed E-state index contributed by atoms with van der Waals surface area (Å²) in [6.07, 6.45) is 4.45. The molecule has 152 valence electrons. The van der Waals surface area contributed by atoms with Crippen LogP contribution in [0.15, 0.2) is 36.7 Å². The van der Waals surface area contributed by atoms with E-state index >= 15 is 0 Å². The van der Waals surface area contributed by atoms with Gasteiger partial charge in [0, 0.05) is 38.0 Å². The second-order valence-electron chi connectivity index (χ2n) is 8.04. The van der Waals surface area contributed by atoms with Crippen LogP contribution in [0.3, 0.4) is 0 Å². The summed E-state index contributed by atoms with van der Waals surface area (Å²) in [7, 11) is 1.85. The molecule has 1 aromatic carbocycles. The molecule has 1 fully saturated rings. The zero-order chi connectivity index (χ0) is 20.3. The van der Waals surface area contributed by atoms with E-state index < -0.39 is 0 Å². The highest BCUT2D eigenvalue weighted by Crippen LogP contribution is 2.36. The monoisotopic (exact) mass is 385 g/mol. The van der Waals surface area contributed by atoms with Gasteiger partial charge in [0.1, 0.15) is 5.75 Å². The van der Waals surface area contributed by atoms with Crippen molar-refractivity contribution < 1.29 is 14.3 Å². The summed E-state index contributed by atoms with van der Waals surface area (Å²) in [6.45, 7) is 9.32. The van der Waals surface area contributed by atoms with Crippen molar-refractivity contribution in [2.75, 3.05) is 13.7 Å². The molecule has 1 aromatic heterocycles. The first-order chi connectivity index (χ1) is 13.3. The Kier molecular flexibility index (Phi) is 6.39. The molecule has 2 atom stereocenters. The smallest absolute Gasteiger partial charge is 0.228 e. The van der Waals surface area contributed by atoms with Crippen LogP contribution in [0.5, 0.6) is 5.75 Å². The Morgan fingerprint density at radius 1 is 1.36 bits per heavy atom. The predicted octanol–water partition coefficient (Wildman–Crippen LogP) is 3.99. The van der Waals surface area contributed by atoms with Gasteiger partial charge < -0.3 is 14.4 Å². The van der Waals surface area contributed by atoms with Crippen molar-refractivity contribution in [1.82, 2.24) is 14.7 Å². The zero-order valence-electron chi connectivity index (χ0n) is 17.5. The molecule has 0 N–H and O–H groups in total. The minimum atomic E-state index is -0.224. The summed E-state index contributed by atoms with van der Waals surface area (Å²) >= 11 is 0. The van der Waals surface area contributed by atoms with Crippen LogP contribution in [0, 0.1) is 5.92 Å². The lowest BCUT2D eigenvalue weighted by Crippen LogP contribution is -2.33.